The van der Waals surface area contributed by atoms with Gasteiger partial charge in [-0.3, -0.25) is 4.90 Å². The van der Waals surface area contributed by atoms with E-state index in [-0.39, 0.29) is 0 Å². The molecule has 0 spiro atoms. The van der Waals surface area contributed by atoms with Crippen LogP contribution >= 0.6 is 0 Å². The van der Waals surface area contributed by atoms with Crippen molar-refractivity contribution in [1.29, 1.82) is 0 Å². The molecule has 0 aliphatic carbocycles. The Balaban J connectivity index is 1.70. The topological polar surface area (TPSA) is 43.2 Å². The zero-order valence-electron chi connectivity index (χ0n) is 13.4. The van der Waals surface area contributed by atoms with Crippen LogP contribution in [0.1, 0.15) is 18.7 Å². The lowest BCUT2D eigenvalue weighted by molar-refractivity contribution is 0.0857. The number of likely N-dealkylation sites (tertiary alicyclic amines) is 1. The summed E-state index contributed by atoms with van der Waals surface area (Å²) in [5, 5.41) is 8.77. The minimum atomic E-state index is 0.639. The Morgan fingerprint density at radius 1 is 1.23 bits per heavy atom. The normalized spacial score (nSPS) is 19.5. The average Bonchev–Trinajstić information content (AvgIpc) is 2.90. The molecule has 1 aliphatic rings. The second kappa shape index (κ2) is 7.03. The van der Waals surface area contributed by atoms with Crippen molar-refractivity contribution >= 4 is 0 Å². The molecule has 1 saturated heterocycles. The molecule has 3 rings (SSSR count). The number of hydrogen-bond acceptors (Lipinski definition) is 4. The van der Waals surface area contributed by atoms with Crippen LogP contribution in [-0.2, 0) is 18.3 Å². The Morgan fingerprint density at radius 2 is 2.05 bits per heavy atom. The minimum absolute atomic E-state index is 0.639. The molecule has 0 amide bonds. The first-order chi connectivity index (χ1) is 10.8. The van der Waals surface area contributed by atoms with Crippen LogP contribution in [0.5, 0.6) is 0 Å². The van der Waals surface area contributed by atoms with Gasteiger partial charge in [-0.1, -0.05) is 30.3 Å². The number of methoxy groups -OCH3 is 1. The standard InChI is InChI=1S/C17H24N4O/c1-20-16(12-21-10-6-7-14(11-21)13-22-2)18-19-17(20)15-8-4-3-5-9-15/h3-5,8-9,14H,6-7,10-13H2,1-2H3/t14-/m1/s1. The summed E-state index contributed by atoms with van der Waals surface area (Å²) in [6.45, 7) is 3.93. The molecular formula is C17H24N4O. The van der Waals surface area contributed by atoms with Gasteiger partial charge in [0.2, 0.25) is 0 Å². The molecule has 2 aromatic rings. The fourth-order valence-corrected chi connectivity index (χ4v) is 3.20. The summed E-state index contributed by atoms with van der Waals surface area (Å²) in [6, 6.07) is 10.2. The van der Waals surface area contributed by atoms with Crippen LogP contribution in [0.4, 0.5) is 0 Å². The van der Waals surface area contributed by atoms with E-state index < -0.39 is 0 Å². The van der Waals surface area contributed by atoms with E-state index in [2.05, 4.69) is 31.8 Å². The third-order valence-corrected chi connectivity index (χ3v) is 4.37. The first-order valence-corrected chi connectivity index (χ1v) is 7.93. The van der Waals surface area contributed by atoms with Crippen LogP contribution in [0.3, 0.4) is 0 Å². The first kappa shape index (κ1) is 15.2. The largest absolute Gasteiger partial charge is 0.384 e. The Hall–Kier alpha value is -1.72. The van der Waals surface area contributed by atoms with E-state index in [4.69, 9.17) is 4.74 Å². The summed E-state index contributed by atoms with van der Waals surface area (Å²) in [5.41, 5.74) is 1.11. The highest BCUT2D eigenvalue weighted by atomic mass is 16.5. The smallest absolute Gasteiger partial charge is 0.163 e. The van der Waals surface area contributed by atoms with E-state index in [0.717, 1.165) is 43.5 Å². The van der Waals surface area contributed by atoms with E-state index in [0.29, 0.717) is 5.92 Å². The van der Waals surface area contributed by atoms with Gasteiger partial charge in [-0.2, -0.15) is 0 Å². The van der Waals surface area contributed by atoms with Crippen molar-refractivity contribution in [2.75, 3.05) is 26.8 Å². The lowest BCUT2D eigenvalue weighted by Crippen LogP contribution is -2.37. The van der Waals surface area contributed by atoms with Gasteiger partial charge in [0.25, 0.3) is 0 Å². The molecule has 5 heteroatoms. The molecule has 0 saturated carbocycles. The summed E-state index contributed by atoms with van der Waals surface area (Å²) < 4.78 is 7.41. The quantitative estimate of drug-likeness (QED) is 0.850. The van der Waals surface area contributed by atoms with E-state index >= 15 is 0 Å². The maximum absolute atomic E-state index is 5.31. The van der Waals surface area contributed by atoms with Crippen molar-refractivity contribution in [3.63, 3.8) is 0 Å². The van der Waals surface area contributed by atoms with Crippen LogP contribution in [-0.4, -0.2) is 46.5 Å². The van der Waals surface area contributed by atoms with Gasteiger partial charge in [0.05, 0.1) is 13.2 Å². The second-order valence-corrected chi connectivity index (χ2v) is 6.06. The molecule has 0 radical (unpaired) electrons. The van der Waals surface area contributed by atoms with Crippen LogP contribution < -0.4 is 0 Å². The van der Waals surface area contributed by atoms with Gasteiger partial charge in [0.1, 0.15) is 5.82 Å². The van der Waals surface area contributed by atoms with E-state index in [1.54, 1.807) is 7.11 Å². The molecule has 1 aromatic carbocycles. The number of hydrogen-bond donors (Lipinski definition) is 0. The molecule has 1 aliphatic heterocycles. The van der Waals surface area contributed by atoms with Crippen molar-refractivity contribution < 1.29 is 4.74 Å². The molecule has 0 bridgehead atoms. The predicted molar refractivity (Wildman–Crippen MR) is 86.3 cm³/mol. The summed E-state index contributed by atoms with van der Waals surface area (Å²) >= 11 is 0. The van der Waals surface area contributed by atoms with Crippen molar-refractivity contribution in [2.24, 2.45) is 13.0 Å². The summed E-state index contributed by atoms with van der Waals surface area (Å²) in [5.74, 6) is 2.60. The van der Waals surface area contributed by atoms with E-state index in [1.165, 1.54) is 12.8 Å². The zero-order chi connectivity index (χ0) is 15.4. The predicted octanol–water partition coefficient (Wildman–Crippen LogP) is 2.34. The summed E-state index contributed by atoms with van der Waals surface area (Å²) in [7, 11) is 3.84. The van der Waals surface area contributed by atoms with Gasteiger partial charge in [-0.15, -0.1) is 10.2 Å². The van der Waals surface area contributed by atoms with Crippen LogP contribution in [0.15, 0.2) is 30.3 Å². The fraction of sp³-hybridized carbons (Fsp3) is 0.529. The van der Waals surface area contributed by atoms with Crippen molar-refractivity contribution in [1.82, 2.24) is 19.7 Å². The SMILES string of the molecule is COC[C@@H]1CCCN(Cc2nnc(-c3ccccc3)n2C)C1. The highest BCUT2D eigenvalue weighted by Crippen LogP contribution is 2.20. The lowest BCUT2D eigenvalue weighted by Gasteiger charge is -2.31. The third kappa shape index (κ3) is 3.36. The van der Waals surface area contributed by atoms with Gasteiger partial charge in [-0.25, -0.2) is 0 Å². The molecule has 2 heterocycles. The van der Waals surface area contributed by atoms with Crippen molar-refractivity contribution in [2.45, 2.75) is 19.4 Å². The highest BCUT2D eigenvalue weighted by Gasteiger charge is 2.21. The molecule has 0 N–H and O–H groups in total. The Morgan fingerprint density at radius 3 is 2.82 bits per heavy atom. The summed E-state index contributed by atoms with van der Waals surface area (Å²) in [4.78, 5) is 2.46. The highest BCUT2D eigenvalue weighted by molar-refractivity contribution is 5.54. The molecule has 22 heavy (non-hydrogen) atoms. The van der Waals surface area contributed by atoms with Crippen LogP contribution in [0.2, 0.25) is 0 Å². The second-order valence-electron chi connectivity index (χ2n) is 6.06. The van der Waals surface area contributed by atoms with Gasteiger partial charge in [0.15, 0.2) is 5.82 Å². The number of piperidine rings is 1. The summed E-state index contributed by atoms with van der Waals surface area (Å²) in [6.07, 6.45) is 2.50. The number of aromatic nitrogens is 3. The monoisotopic (exact) mass is 300 g/mol. The van der Waals surface area contributed by atoms with Crippen LogP contribution in [0, 0.1) is 5.92 Å². The molecule has 1 atom stereocenters. The van der Waals surface area contributed by atoms with Crippen molar-refractivity contribution in [3.8, 4) is 11.4 Å². The molecule has 0 unspecified atom stereocenters. The van der Waals surface area contributed by atoms with E-state index in [1.807, 2.05) is 25.2 Å². The van der Waals surface area contributed by atoms with Crippen molar-refractivity contribution in [3.05, 3.63) is 36.2 Å². The van der Waals surface area contributed by atoms with Gasteiger partial charge >= 0.3 is 0 Å². The maximum atomic E-state index is 5.31. The molecule has 1 aromatic heterocycles. The minimum Gasteiger partial charge on any atom is -0.384 e. The van der Waals surface area contributed by atoms with Gasteiger partial charge < -0.3 is 9.30 Å². The number of ether oxygens (including phenoxy) is 1. The number of rotatable bonds is 5. The van der Waals surface area contributed by atoms with E-state index in [9.17, 15) is 0 Å². The van der Waals surface area contributed by atoms with Gasteiger partial charge in [0, 0.05) is 26.3 Å². The maximum Gasteiger partial charge on any atom is 0.163 e. The number of benzene rings is 1. The fourth-order valence-electron chi connectivity index (χ4n) is 3.20. The molecule has 5 nitrogen and oxygen atoms in total. The average molecular weight is 300 g/mol. The first-order valence-electron chi connectivity index (χ1n) is 7.93. The lowest BCUT2D eigenvalue weighted by atomic mass is 9.99. The Labute approximate surface area is 131 Å². The third-order valence-electron chi connectivity index (χ3n) is 4.37. The van der Waals surface area contributed by atoms with Gasteiger partial charge in [-0.05, 0) is 25.3 Å². The molecule has 1 fully saturated rings. The molecule has 118 valence electrons. The zero-order valence-corrected chi connectivity index (χ0v) is 13.4. The molecular weight excluding hydrogens is 276 g/mol. The number of nitrogens with zero attached hydrogens (tertiary/aromatic N) is 4. The Bertz CT molecular complexity index is 594. The Kier molecular flexibility index (Phi) is 4.85. The van der Waals surface area contributed by atoms with Crippen LogP contribution in [0.25, 0.3) is 11.4 Å².